The lowest BCUT2D eigenvalue weighted by Gasteiger charge is -2.33. The van der Waals surface area contributed by atoms with Crippen LogP contribution in [0.1, 0.15) is 15.9 Å². The van der Waals surface area contributed by atoms with E-state index in [0.29, 0.717) is 5.56 Å². The van der Waals surface area contributed by atoms with Crippen molar-refractivity contribution in [2.75, 3.05) is 4.90 Å². The van der Waals surface area contributed by atoms with E-state index >= 15 is 0 Å². The molecule has 3 heteroatoms. The zero-order valence-corrected chi connectivity index (χ0v) is 13.5. The number of carbonyl (C=O) groups excluding carboxylic acids is 1. The van der Waals surface area contributed by atoms with E-state index in [4.69, 9.17) is 0 Å². The highest BCUT2D eigenvalue weighted by molar-refractivity contribution is 7.99. The van der Waals surface area contributed by atoms with Crippen LogP contribution in [0.5, 0.6) is 0 Å². The normalized spacial score (nSPS) is 12.5. The van der Waals surface area contributed by atoms with Gasteiger partial charge in [0.2, 0.25) is 0 Å². The summed E-state index contributed by atoms with van der Waals surface area (Å²) in [7, 11) is 0. The van der Waals surface area contributed by atoms with E-state index in [9.17, 15) is 4.79 Å². The molecule has 1 aliphatic heterocycles. The minimum absolute atomic E-state index is 0.708. The number of benzene rings is 3. The van der Waals surface area contributed by atoms with Crippen molar-refractivity contribution in [3.05, 3.63) is 77.9 Å². The number of nitrogens with zero attached hydrogens (tertiary/aromatic N) is 1. The van der Waals surface area contributed by atoms with Crippen LogP contribution >= 0.6 is 11.8 Å². The Kier molecular flexibility index (Phi) is 3.43. The number of aldehydes is 1. The molecule has 0 atom stereocenters. The largest absolute Gasteiger partial charge is 0.308 e. The topological polar surface area (TPSA) is 20.3 Å². The van der Waals surface area contributed by atoms with E-state index in [0.717, 1.165) is 22.6 Å². The molecule has 1 heterocycles. The van der Waals surface area contributed by atoms with Gasteiger partial charge in [-0.15, -0.1) is 0 Å². The number of anilines is 3. The van der Waals surface area contributed by atoms with Crippen LogP contribution in [-0.2, 0) is 0 Å². The molecule has 112 valence electrons. The third-order valence-electron chi connectivity index (χ3n) is 3.98. The Hall–Kier alpha value is -2.52. The Balaban J connectivity index is 1.94. The average Bonchev–Trinajstić information content (AvgIpc) is 2.60. The van der Waals surface area contributed by atoms with E-state index in [1.807, 2.05) is 24.3 Å². The number of fused-ring (bicyclic) bond motifs is 2. The van der Waals surface area contributed by atoms with Gasteiger partial charge in [-0.3, -0.25) is 4.79 Å². The van der Waals surface area contributed by atoms with Gasteiger partial charge >= 0.3 is 0 Å². The summed E-state index contributed by atoms with van der Waals surface area (Å²) in [5, 5.41) is 0. The first-order chi connectivity index (χ1) is 11.3. The van der Waals surface area contributed by atoms with Gasteiger partial charge in [0.15, 0.2) is 0 Å². The SMILES string of the molecule is Cc1ccc(N2c3ccccc3Sc3cc(C=O)ccc32)cc1. The fourth-order valence-corrected chi connectivity index (χ4v) is 3.93. The highest BCUT2D eigenvalue weighted by atomic mass is 32.2. The lowest BCUT2D eigenvalue weighted by atomic mass is 10.1. The molecule has 23 heavy (non-hydrogen) atoms. The molecule has 4 rings (SSSR count). The minimum atomic E-state index is 0.708. The number of hydrogen-bond acceptors (Lipinski definition) is 3. The van der Waals surface area contributed by atoms with Gasteiger partial charge in [-0.25, -0.2) is 0 Å². The van der Waals surface area contributed by atoms with Crippen molar-refractivity contribution in [3.8, 4) is 0 Å². The monoisotopic (exact) mass is 317 g/mol. The standard InChI is InChI=1S/C20H15NOS/c1-14-6-9-16(10-7-14)21-17-4-2-3-5-19(17)23-20-12-15(13-22)8-11-18(20)21/h2-13H,1H3. The molecular weight excluding hydrogens is 302 g/mol. The van der Waals surface area contributed by atoms with Crippen LogP contribution in [-0.4, -0.2) is 6.29 Å². The summed E-state index contributed by atoms with van der Waals surface area (Å²) < 4.78 is 0. The second-order valence-corrected chi connectivity index (χ2v) is 6.67. The van der Waals surface area contributed by atoms with Gasteiger partial charge < -0.3 is 4.90 Å². The van der Waals surface area contributed by atoms with Crippen LogP contribution in [0, 0.1) is 6.92 Å². The van der Waals surface area contributed by atoms with Gasteiger partial charge in [-0.2, -0.15) is 0 Å². The highest BCUT2D eigenvalue weighted by Crippen LogP contribution is 2.51. The van der Waals surface area contributed by atoms with Crippen molar-refractivity contribution in [2.45, 2.75) is 16.7 Å². The fourth-order valence-electron chi connectivity index (χ4n) is 2.82. The molecule has 0 saturated heterocycles. The smallest absolute Gasteiger partial charge is 0.150 e. The summed E-state index contributed by atoms with van der Waals surface area (Å²) in [6.45, 7) is 2.09. The fraction of sp³-hybridized carbons (Fsp3) is 0.0500. The molecule has 0 aromatic heterocycles. The maximum atomic E-state index is 11.1. The van der Waals surface area contributed by atoms with Gasteiger partial charge in [0, 0.05) is 21.0 Å². The van der Waals surface area contributed by atoms with Gasteiger partial charge in [0.05, 0.1) is 11.4 Å². The summed E-state index contributed by atoms with van der Waals surface area (Å²) in [5.74, 6) is 0. The van der Waals surface area contributed by atoms with E-state index in [2.05, 4.69) is 54.3 Å². The van der Waals surface area contributed by atoms with E-state index in [1.165, 1.54) is 16.1 Å². The van der Waals surface area contributed by atoms with E-state index in [-0.39, 0.29) is 0 Å². The Morgan fingerprint density at radius 1 is 0.870 bits per heavy atom. The van der Waals surface area contributed by atoms with Crippen molar-refractivity contribution in [1.82, 2.24) is 0 Å². The summed E-state index contributed by atoms with van der Waals surface area (Å²) >= 11 is 1.71. The number of para-hydroxylation sites is 1. The Morgan fingerprint density at radius 2 is 1.61 bits per heavy atom. The summed E-state index contributed by atoms with van der Waals surface area (Å²) in [6, 6.07) is 22.8. The first kappa shape index (κ1) is 14.1. The van der Waals surface area contributed by atoms with Crippen molar-refractivity contribution in [2.24, 2.45) is 0 Å². The van der Waals surface area contributed by atoms with Crippen LogP contribution in [0.25, 0.3) is 0 Å². The molecule has 0 amide bonds. The quantitative estimate of drug-likeness (QED) is 0.440. The van der Waals surface area contributed by atoms with E-state index < -0.39 is 0 Å². The van der Waals surface area contributed by atoms with Crippen molar-refractivity contribution in [1.29, 1.82) is 0 Å². The maximum absolute atomic E-state index is 11.1. The molecule has 0 spiro atoms. The van der Waals surface area contributed by atoms with Gasteiger partial charge in [-0.05, 0) is 49.4 Å². The molecule has 0 bridgehead atoms. The second-order valence-electron chi connectivity index (χ2n) is 5.59. The van der Waals surface area contributed by atoms with Crippen LogP contribution in [0.2, 0.25) is 0 Å². The molecule has 0 aliphatic carbocycles. The third kappa shape index (κ3) is 2.43. The lowest BCUT2D eigenvalue weighted by Crippen LogP contribution is -2.14. The lowest BCUT2D eigenvalue weighted by molar-refractivity contribution is 0.112. The molecule has 3 aromatic rings. The van der Waals surface area contributed by atoms with Gasteiger partial charge in [0.1, 0.15) is 6.29 Å². The molecule has 0 radical (unpaired) electrons. The predicted molar refractivity (Wildman–Crippen MR) is 95.4 cm³/mol. The summed E-state index contributed by atoms with van der Waals surface area (Å²) in [6.07, 6.45) is 0.900. The van der Waals surface area contributed by atoms with Crippen LogP contribution in [0.4, 0.5) is 17.1 Å². The molecule has 0 fully saturated rings. The first-order valence-corrected chi connectivity index (χ1v) is 8.31. The van der Waals surface area contributed by atoms with Crippen LogP contribution < -0.4 is 4.90 Å². The third-order valence-corrected chi connectivity index (χ3v) is 5.09. The van der Waals surface area contributed by atoms with Gasteiger partial charge in [-0.1, -0.05) is 41.6 Å². The number of aryl methyl sites for hydroxylation is 1. The van der Waals surface area contributed by atoms with Gasteiger partial charge in [0.25, 0.3) is 0 Å². The molecule has 1 aliphatic rings. The zero-order valence-electron chi connectivity index (χ0n) is 12.7. The van der Waals surface area contributed by atoms with Crippen molar-refractivity contribution >= 4 is 35.1 Å². The molecule has 0 saturated carbocycles. The Bertz CT molecular complexity index is 886. The predicted octanol–water partition coefficient (Wildman–Crippen LogP) is 5.74. The first-order valence-electron chi connectivity index (χ1n) is 7.49. The average molecular weight is 317 g/mol. The zero-order chi connectivity index (χ0) is 15.8. The molecular formula is C20H15NOS. The molecule has 2 nitrogen and oxygen atoms in total. The summed E-state index contributed by atoms with van der Waals surface area (Å²) in [4.78, 5) is 15.7. The van der Waals surface area contributed by atoms with Crippen LogP contribution in [0.15, 0.2) is 76.5 Å². The molecule has 0 N–H and O–H groups in total. The number of rotatable bonds is 2. The highest BCUT2D eigenvalue weighted by Gasteiger charge is 2.24. The Morgan fingerprint density at radius 3 is 2.39 bits per heavy atom. The number of hydrogen-bond donors (Lipinski definition) is 0. The molecule has 3 aromatic carbocycles. The number of carbonyl (C=O) groups is 1. The second kappa shape index (κ2) is 5.60. The summed E-state index contributed by atoms with van der Waals surface area (Å²) in [5.41, 5.74) is 5.36. The van der Waals surface area contributed by atoms with Crippen LogP contribution in [0.3, 0.4) is 0 Å². The van der Waals surface area contributed by atoms with Crippen molar-refractivity contribution < 1.29 is 4.79 Å². The van der Waals surface area contributed by atoms with Crippen molar-refractivity contribution in [3.63, 3.8) is 0 Å². The Labute approximate surface area is 139 Å². The maximum Gasteiger partial charge on any atom is 0.150 e. The molecule has 0 unspecified atom stereocenters. The van der Waals surface area contributed by atoms with E-state index in [1.54, 1.807) is 11.8 Å². The minimum Gasteiger partial charge on any atom is -0.308 e.